The van der Waals surface area contributed by atoms with Gasteiger partial charge in [0.2, 0.25) is 0 Å². The quantitative estimate of drug-likeness (QED) is 0.560. The summed E-state index contributed by atoms with van der Waals surface area (Å²) < 4.78 is 13.5. The van der Waals surface area contributed by atoms with E-state index in [-0.39, 0.29) is 17.6 Å². The van der Waals surface area contributed by atoms with Crippen LogP contribution >= 0.6 is 0 Å². The first-order chi connectivity index (χ1) is 15.1. The van der Waals surface area contributed by atoms with Gasteiger partial charge in [0, 0.05) is 5.41 Å². The Bertz CT molecular complexity index is 882. The van der Waals surface area contributed by atoms with E-state index in [2.05, 4.69) is 65.0 Å². The topological polar surface area (TPSA) is 38.7 Å². The summed E-state index contributed by atoms with van der Waals surface area (Å²) >= 11 is 0. The molecule has 5 aliphatic rings. The van der Waals surface area contributed by atoms with E-state index in [4.69, 9.17) is 9.47 Å². The second kappa shape index (κ2) is 6.83. The van der Waals surface area contributed by atoms with Crippen LogP contribution in [0.15, 0.2) is 30.3 Å². The molecule has 10 atom stereocenters. The third-order valence-corrected chi connectivity index (χ3v) is 11.2. The van der Waals surface area contributed by atoms with E-state index in [0.717, 1.165) is 30.7 Å². The summed E-state index contributed by atoms with van der Waals surface area (Å²) in [5.74, 6) is 2.50. The van der Waals surface area contributed by atoms with Crippen molar-refractivity contribution < 1.29 is 14.6 Å². The predicted molar refractivity (Wildman–Crippen MR) is 126 cm³/mol. The molecule has 1 heterocycles. The van der Waals surface area contributed by atoms with Gasteiger partial charge in [-0.25, -0.2) is 0 Å². The molecule has 4 saturated carbocycles. The van der Waals surface area contributed by atoms with Gasteiger partial charge in [0.25, 0.3) is 0 Å². The highest BCUT2D eigenvalue weighted by Crippen LogP contribution is 2.71. The molecule has 1 aromatic rings. The number of hydrogen-bond donors (Lipinski definition) is 1. The van der Waals surface area contributed by atoms with Gasteiger partial charge in [-0.15, -0.1) is 0 Å². The zero-order chi connectivity index (χ0) is 22.5. The Balaban J connectivity index is 1.43. The zero-order valence-corrected chi connectivity index (χ0v) is 20.6. The van der Waals surface area contributed by atoms with Crippen molar-refractivity contribution in [2.45, 2.75) is 103 Å². The average molecular weight is 439 g/mol. The first-order valence-electron chi connectivity index (χ1n) is 13.2. The highest BCUT2D eigenvalue weighted by molar-refractivity contribution is 5.30. The Morgan fingerprint density at radius 2 is 1.50 bits per heavy atom. The fraction of sp³-hybridized carbons (Fsp3) is 0.793. The number of benzene rings is 1. The second-order valence-corrected chi connectivity index (χ2v) is 13.1. The Kier molecular flexibility index (Phi) is 4.61. The highest BCUT2D eigenvalue weighted by Gasteiger charge is 2.70. The van der Waals surface area contributed by atoms with Gasteiger partial charge >= 0.3 is 0 Å². The molecule has 3 unspecified atom stereocenters. The Hall–Kier alpha value is -0.900. The molecule has 3 nitrogen and oxygen atoms in total. The maximum Gasteiger partial charge on any atom is 0.163 e. The number of fused-ring (bicyclic) bond motifs is 8. The molecular formula is C29H42O3. The molecule has 6 rings (SSSR count). The molecule has 1 aliphatic heterocycles. The maximum atomic E-state index is 12.2. The minimum Gasteiger partial charge on any atom is -0.385 e. The van der Waals surface area contributed by atoms with Crippen molar-refractivity contribution in [2.75, 3.05) is 0 Å². The smallest absolute Gasteiger partial charge is 0.163 e. The lowest BCUT2D eigenvalue weighted by Crippen LogP contribution is -2.63. The molecule has 1 N–H and O–H groups in total. The first kappa shape index (κ1) is 21.6. The van der Waals surface area contributed by atoms with E-state index in [9.17, 15) is 5.11 Å². The molecule has 1 aromatic carbocycles. The SMILES string of the molecule is C[C@H]1CC[C@]2(C)C3CC[C@@]4(C)[C@@H](CC[C@@]4(O)c4ccccc4)C3[C@H]3OC(C)(C)O[C@@H]3C2C1. The molecule has 0 spiro atoms. The summed E-state index contributed by atoms with van der Waals surface area (Å²) in [5.41, 5.74) is 0.584. The molecular weight excluding hydrogens is 396 g/mol. The van der Waals surface area contributed by atoms with Gasteiger partial charge in [-0.1, -0.05) is 57.5 Å². The summed E-state index contributed by atoms with van der Waals surface area (Å²) in [4.78, 5) is 0. The number of rotatable bonds is 1. The first-order valence-corrected chi connectivity index (χ1v) is 13.2. The van der Waals surface area contributed by atoms with Crippen LogP contribution in [0.2, 0.25) is 0 Å². The lowest BCUT2D eigenvalue weighted by atomic mass is 9.42. The van der Waals surface area contributed by atoms with Crippen LogP contribution in [-0.2, 0) is 15.1 Å². The summed E-state index contributed by atoms with van der Waals surface area (Å²) in [7, 11) is 0. The Labute approximate surface area is 194 Å². The van der Waals surface area contributed by atoms with Crippen molar-refractivity contribution in [2.24, 2.45) is 40.4 Å². The van der Waals surface area contributed by atoms with Crippen LogP contribution in [0.5, 0.6) is 0 Å². The summed E-state index contributed by atoms with van der Waals surface area (Å²) in [6.45, 7) is 11.6. The molecule has 0 bridgehead atoms. The molecule has 0 aromatic heterocycles. The summed E-state index contributed by atoms with van der Waals surface area (Å²) in [5, 5.41) is 12.2. The standard InChI is InChI=1S/C29H42O3/c1-18-11-14-27(4)20-12-15-28(5)21(13-16-29(28,30)19-9-7-6-8-10-19)23(20)25-24(22(27)17-18)31-26(2,3)32-25/h6-10,18,20-25,30H,11-17H2,1-5H3/t18-,20?,21-,22?,23?,24+,25+,27+,28-,29+/m0/s1. The maximum absolute atomic E-state index is 12.2. The molecule has 5 fully saturated rings. The van der Waals surface area contributed by atoms with Crippen molar-refractivity contribution in [1.29, 1.82) is 0 Å². The van der Waals surface area contributed by atoms with Crippen molar-refractivity contribution in [1.82, 2.24) is 0 Å². The average Bonchev–Trinajstić information content (AvgIpc) is 3.23. The van der Waals surface area contributed by atoms with E-state index in [0.29, 0.717) is 29.1 Å². The largest absolute Gasteiger partial charge is 0.385 e. The number of aliphatic hydroxyl groups is 1. The molecule has 1 saturated heterocycles. The predicted octanol–water partition coefficient (Wildman–Crippen LogP) is 6.29. The zero-order valence-electron chi connectivity index (χ0n) is 20.6. The summed E-state index contributed by atoms with van der Waals surface area (Å²) in [6, 6.07) is 10.5. The van der Waals surface area contributed by atoms with Crippen molar-refractivity contribution >= 4 is 0 Å². The van der Waals surface area contributed by atoms with Gasteiger partial charge in [0.05, 0.1) is 17.8 Å². The van der Waals surface area contributed by atoms with Crippen molar-refractivity contribution in [3.63, 3.8) is 0 Å². The van der Waals surface area contributed by atoms with Crippen LogP contribution in [0.3, 0.4) is 0 Å². The highest BCUT2D eigenvalue weighted by atomic mass is 16.8. The number of hydrogen-bond acceptors (Lipinski definition) is 3. The van der Waals surface area contributed by atoms with Crippen molar-refractivity contribution in [3.8, 4) is 0 Å². The molecule has 32 heavy (non-hydrogen) atoms. The van der Waals surface area contributed by atoms with E-state index in [1.54, 1.807) is 0 Å². The molecule has 176 valence electrons. The van der Waals surface area contributed by atoms with Crippen LogP contribution in [0.1, 0.15) is 85.1 Å². The fourth-order valence-electron chi connectivity index (χ4n) is 9.59. The van der Waals surface area contributed by atoms with E-state index >= 15 is 0 Å². The third-order valence-electron chi connectivity index (χ3n) is 11.2. The number of ether oxygens (including phenoxy) is 2. The van der Waals surface area contributed by atoms with Gasteiger partial charge in [0.15, 0.2) is 5.79 Å². The Morgan fingerprint density at radius 1 is 0.812 bits per heavy atom. The monoisotopic (exact) mass is 438 g/mol. The Morgan fingerprint density at radius 3 is 2.25 bits per heavy atom. The fourth-order valence-corrected chi connectivity index (χ4v) is 9.59. The van der Waals surface area contributed by atoms with E-state index < -0.39 is 11.4 Å². The minimum absolute atomic E-state index is 0.110. The van der Waals surface area contributed by atoms with Gasteiger partial charge in [-0.2, -0.15) is 0 Å². The van der Waals surface area contributed by atoms with Crippen LogP contribution in [-0.4, -0.2) is 23.1 Å². The second-order valence-electron chi connectivity index (χ2n) is 13.1. The van der Waals surface area contributed by atoms with Crippen LogP contribution in [0, 0.1) is 40.4 Å². The molecule has 4 aliphatic carbocycles. The summed E-state index contributed by atoms with van der Waals surface area (Å²) in [6.07, 6.45) is 8.58. The molecule has 3 heteroatoms. The minimum atomic E-state index is -0.743. The van der Waals surface area contributed by atoms with E-state index in [1.807, 2.05) is 0 Å². The lowest BCUT2D eigenvalue weighted by Gasteiger charge is -2.64. The van der Waals surface area contributed by atoms with E-state index in [1.165, 1.54) is 25.7 Å². The lowest BCUT2D eigenvalue weighted by molar-refractivity contribution is -0.202. The van der Waals surface area contributed by atoms with Gasteiger partial charge in [0.1, 0.15) is 0 Å². The van der Waals surface area contributed by atoms with Crippen molar-refractivity contribution in [3.05, 3.63) is 35.9 Å². The van der Waals surface area contributed by atoms with Crippen LogP contribution in [0.4, 0.5) is 0 Å². The van der Waals surface area contributed by atoms with Gasteiger partial charge in [-0.3, -0.25) is 0 Å². The van der Waals surface area contributed by atoms with Crippen LogP contribution < -0.4 is 0 Å². The third kappa shape index (κ3) is 2.71. The normalized spacial score (nSPS) is 53.8. The molecule has 0 amide bonds. The van der Waals surface area contributed by atoms with Crippen LogP contribution in [0.25, 0.3) is 0 Å². The van der Waals surface area contributed by atoms with Gasteiger partial charge < -0.3 is 14.6 Å². The molecule has 0 radical (unpaired) electrons. The van der Waals surface area contributed by atoms with Gasteiger partial charge in [-0.05, 0) is 92.9 Å².